The number of rotatable bonds is 0. The molecule has 1 atom stereocenters. The Kier molecular flexibility index (Phi) is 4.21. The van der Waals surface area contributed by atoms with Gasteiger partial charge in [-0.1, -0.05) is 38.1 Å². The van der Waals surface area contributed by atoms with Crippen LogP contribution in [0.25, 0.3) is 0 Å². The standard InChI is InChI=1S/C11H14N.Ho/c1-8-4-3-5-11-10(8)7-6-9(2)12-11;/h6,8H,3-5H2,1-2H3;/q-1;. The van der Waals surface area contributed by atoms with Crippen LogP contribution in [-0.4, -0.2) is 4.98 Å². The third-order valence-electron chi connectivity index (χ3n) is 2.60. The summed E-state index contributed by atoms with van der Waals surface area (Å²) in [4.78, 5) is 4.53. The minimum atomic E-state index is 0. The van der Waals surface area contributed by atoms with Gasteiger partial charge in [0.25, 0.3) is 0 Å². The summed E-state index contributed by atoms with van der Waals surface area (Å²) in [5, 5.41) is 0. The summed E-state index contributed by atoms with van der Waals surface area (Å²) in [6.45, 7) is 4.31. The van der Waals surface area contributed by atoms with E-state index in [9.17, 15) is 0 Å². The van der Waals surface area contributed by atoms with E-state index in [0.717, 1.165) is 12.1 Å². The Balaban J connectivity index is 0.000000845. The molecular formula is C11H14HoN-. The smallest absolute Gasteiger partial charge is 0 e. The van der Waals surface area contributed by atoms with E-state index >= 15 is 0 Å². The van der Waals surface area contributed by atoms with Crippen molar-refractivity contribution in [3.8, 4) is 0 Å². The number of aromatic nitrogens is 1. The molecule has 0 amide bonds. The van der Waals surface area contributed by atoms with E-state index < -0.39 is 0 Å². The Bertz CT molecular complexity index is 296. The Labute approximate surface area is 110 Å². The van der Waals surface area contributed by atoms with Gasteiger partial charge in [-0.25, -0.2) is 0 Å². The largest absolute Gasteiger partial charge is 0.384 e. The van der Waals surface area contributed by atoms with E-state index in [1.54, 1.807) is 0 Å². The fourth-order valence-corrected chi connectivity index (χ4v) is 1.91. The molecule has 1 aromatic heterocycles. The number of aryl methyl sites for hydroxylation is 2. The topological polar surface area (TPSA) is 12.9 Å². The minimum absolute atomic E-state index is 0. The number of hydrogen-bond acceptors (Lipinski definition) is 1. The Morgan fingerprint density at radius 1 is 1.54 bits per heavy atom. The fraction of sp³-hybridized carbons (Fsp3) is 0.545. The third-order valence-corrected chi connectivity index (χ3v) is 2.60. The van der Waals surface area contributed by atoms with Gasteiger partial charge < -0.3 is 4.98 Å². The van der Waals surface area contributed by atoms with Crippen molar-refractivity contribution in [2.45, 2.75) is 39.0 Å². The molecule has 0 aromatic carbocycles. The van der Waals surface area contributed by atoms with Crippen molar-refractivity contribution in [1.82, 2.24) is 4.98 Å². The van der Waals surface area contributed by atoms with Gasteiger partial charge in [0.1, 0.15) is 0 Å². The molecule has 13 heavy (non-hydrogen) atoms. The average Bonchev–Trinajstić information content (AvgIpc) is 2.04. The number of pyridine rings is 1. The maximum absolute atomic E-state index is 4.53. The Morgan fingerprint density at radius 2 is 2.31 bits per heavy atom. The van der Waals surface area contributed by atoms with Gasteiger partial charge in [0.15, 0.2) is 0 Å². The molecule has 1 unspecified atom stereocenters. The molecule has 1 aliphatic carbocycles. The van der Waals surface area contributed by atoms with Crippen molar-refractivity contribution in [3.63, 3.8) is 0 Å². The van der Waals surface area contributed by atoms with E-state index in [1.165, 1.54) is 24.1 Å². The fourth-order valence-electron chi connectivity index (χ4n) is 1.91. The molecule has 75 valence electrons. The molecule has 1 aromatic rings. The molecule has 2 heteroatoms. The van der Waals surface area contributed by atoms with Crippen LogP contribution in [-0.2, 0) is 6.42 Å². The van der Waals surface area contributed by atoms with Gasteiger partial charge in [0.05, 0.1) is 0 Å². The van der Waals surface area contributed by atoms with E-state index in [0.29, 0.717) is 5.92 Å². The van der Waals surface area contributed by atoms with Gasteiger partial charge in [-0.3, -0.25) is 0 Å². The first-order valence-electron chi connectivity index (χ1n) is 4.65. The summed E-state index contributed by atoms with van der Waals surface area (Å²) in [7, 11) is 0. The molecule has 0 saturated heterocycles. The Hall–Kier alpha value is 0.410. The predicted molar refractivity (Wildman–Crippen MR) is 49.2 cm³/mol. The van der Waals surface area contributed by atoms with Crippen molar-refractivity contribution in [2.24, 2.45) is 0 Å². The average molecular weight is 325 g/mol. The van der Waals surface area contributed by atoms with Crippen LogP contribution in [0, 0.1) is 50.7 Å². The van der Waals surface area contributed by atoms with Gasteiger partial charge in [0.2, 0.25) is 0 Å². The molecular weight excluding hydrogens is 311 g/mol. The van der Waals surface area contributed by atoms with Crippen LogP contribution in [0.2, 0.25) is 0 Å². The van der Waals surface area contributed by atoms with Crippen molar-refractivity contribution in [3.05, 3.63) is 29.1 Å². The minimum Gasteiger partial charge on any atom is -0.384 e. The third kappa shape index (κ3) is 2.45. The molecule has 1 radical (unpaired) electrons. The molecule has 0 saturated carbocycles. The normalized spacial score (nSPS) is 20.3. The van der Waals surface area contributed by atoms with Crippen LogP contribution < -0.4 is 0 Å². The van der Waals surface area contributed by atoms with Crippen LogP contribution in [0.15, 0.2) is 6.07 Å². The zero-order valence-electron chi connectivity index (χ0n) is 8.02. The zero-order chi connectivity index (χ0) is 8.55. The predicted octanol–water partition coefficient (Wildman–Crippen LogP) is 2.63. The zero-order valence-corrected chi connectivity index (χ0v) is 9.96. The van der Waals surface area contributed by atoms with E-state index in [-0.39, 0.29) is 37.7 Å². The monoisotopic (exact) mass is 325 g/mol. The summed E-state index contributed by atoms with van der Waals surface area (Å²) >= 11 is 0. The van der Waals surface area contributed by atoms with Crippen molar-refractivity contribution in [2.75, 3.05) is 0 Å². The van der Waals surface area contributed by atoms with Crippen LogP contribution in [0.5, 0.6) is 0 Å². The summed E-state index contributed by atoms with van der Waals surface area (Å²) in [6.07, 6.45) is 3.74. The first-order chi connectivity index (χ1) is 5.77. The van der Waals surface area contributed by atoms with Crippen molar-refractivity contribution < 1.29 is 37.7 Å². The van der Waals surface area contributed by atoms with Crippen molar-refractivity contribution >= 4 is 0 Å². The van der Waals surface area contributed by atoms with Gasteiger partial charge in [-0.2, -0.15) is 12.1 Å². The van der Waals surface area contributed by atoms with E-state index in [1.807, 2.05) is 13.0 Å². The molecule has 1 heterocycles. The molecule has 0 fully saturated rings. The number of nitrogens with zero attached hydrogens (tertiary/aromatic N) is 1. The van der Waals surface area contributed by atoms with E-state index in [4.69, 9.17) is 0 Å². The van der Waals surface area contributed by atoms with Gasteiger partial charge in [-0.15, -0.1) is 5.56 Å². The maximum Gasteiger partial charge on any atom is 0 e. The molecule has 0 aliphatic heterocycles. The second kappa shape index (κ2) is 4.77. The first-order valence-corrected chi connectivity index (χ1v) is 4.65. The van der Waals surface area contributed by atoms with Crippen LogP contribution in [0.3, 0.4) is 0 Å². The summed E-state index contributed by atoms with van der Waals surface area (Å²) in [5.74, 6) is 0.668. The number of hydrogen-bond donors (Lipinski definition) is 0. The van der Waals surface area contributed by atoms with Crippen LogP contribution in [0.4, 0.5) is 0 Å². The van der Waals surface area contributed by atoms with Crippen LogP contribution >= 0.6 is 0 Å². The van der Waals surface area contributed by atoms with Gasteiger partial charge >= 0.3 is 0 Å². The quantitative estimate of drug-likeness (QED) is 0.528. The molecule has 1 aliphatic rings. The van der Waals surface area contributed by atoms with Crippen LogP contribution in [0.1, 0.15) is 42.6 Å². The SMILES string of the molecule is Cc1c[c-]c2c(n1)CCCC2C.[Ho]. The number of fused-ring (bicyclic) bond motifs is 1. The molecule has 0 N–H and O–H groups in total. The molecule has 1 nitrogen and oxygen atoms in total. The van der Waals surface area contributed by atoms with E-state index in [2.05, 4.69) is 18.0 Å². The molecule has 0 spiro atoms. The van der Waals surface area contributed by atoms with Gasteiger partial charge in [-0.05, 0) is 12.3 Å². The maximum atomic E-state index is 4.53. The summed E-state index contributed by atoms with van der Waals surface area (Å²) in [5.41, 5.74) is 3.74. The summed E-state index contributed by atoms with van der Waals surface area (Å²) in [6, 6.07) is 5.35. The van der Waals surface area contributed by atoms with Crippen molar-refractivity contribution in [1.29, 1.82) is 0 Å². The first kappa shape index (κ1) is 11.5. The Morgan fingerprint density at radius 3 is 3.08 bits per heavy atom. The van der Waals surface area contributed by atoms with Gasteiger partial charge in [0, 0.05) is 37.7 Å². The second-order valence-corrected chi connectivity index (χ2v) is 3.70. The molecule has 2 rings (SSSR count). The molecule has 0 bridgehead atoms. The summed E-state index contributed by atoms with van der Waals surface area (Å²) < 4.78 is 0. The second-order valence-electron chi connectivity index (χ2n) is 3.70.